The first-order valence-corrected chi connectivity index (χ1v) is 8.68. The van der Waals surface area contributed by atoms with E-state index in [1.165, 1.54) is 32.9 Å². The normalized spacial score (nSPS) is 10.6. The van der Waals surface area contributed by atoms with Gasteiger partial charge in [0.2, 0.25) is 11.8 Å². The average Bonchev–Trinajstić information content (AvgIpc) is 3.25. The average molecular weight is 400 g/mol. The molecule has 2 N–H and O–H groups in total. The number of fused-ring (bicyclic) bond motifs is 1. The van der Waals surface area contributed by atoms with E-state index in [-0.39, 0.29) is 30.9 Å². The van der Waals surface area contributed by atoms with Gasteiger partial charge in [-0.1, -0.05) is 0 Å². The minimum Gasteiger partial charge on any atom is -0.493 e. The van der Waals surface area contributed by atoms with Crippen LogP contribution in [0.4, 0.5) is 0 Å². The van der Waals surface area contributed by atoms with Gasteiger partial charge in [-0.05, 0) is 18.2 Å². The number of nitrogens with zero attached hydrogens (tertiary/aromatic N) is 2. The van der Waals surface area contributed by atoms with Gasteiger partial charge in [0.15, 0.2) is 11.5 Å². The summed E-state index contributed by atoms with van der Waals surface area (Å²) in [4.78, 5) is 40.8. The molecule has 10 heteroatoms. The third-order valence-corrected chi connectivity index (χ3v) is 4.13. The van der Waals surface area contributed by atoms with Gasteiger partial charge in [0.1, 0.15) is 12.3 Å². The molecule has 0 bridgehead atoms. The Morgan fingerprint density at radius 2 is 1.90 bits per heavy atom. The summed E-state index contributed by atoms with van der Waals surface area (Å²) in [6.07, 6.45) is 2.78. The lowest BCUT2D eigenvalue weighted by Crippen LogP contribution is -2.39. The van der Waals surface area contributed by atoms with E-state index in [4.69, 9.17) is 13.9 Å². The molecule has 1 aromatic carbocycles. The molecule has 0 fully saturated rings. The van der Waals surface area contributed by atoms with Crippen LogP contribution in [0.25, 0.3) is 10.9 Å². The highest BCUT2D eigenvalue weighted by atomic mass is 16.5. The Morgan fingerprint density at radius 1 is 1.14 bits per heavy atom. The standard InChI is InChI=1S/C19H20N4O6/c1-27-15-6-13-14(7-16(15)28-2)22-11-23(19(13)26)10-18(25)21-9-17(24)20-8-12-4-3-5-29-12/h3-7,11H,8-10H2,1-2H3,(H,20,24)(H,21,25). The van der Waals surface area contributed by atoms with Gasteiger partial charge in [0.25, 0.3) is 5.56 Å². The van der Waals surface area contributed by atoms with Gasteiger partial charge in [-0.15, -0.1) is 0 Å². The number of furan rings is 1. The van der Waals surface area contributed by atoms with Gasteiger partial charge in [0, 0.05) is 6.07 Å². The number of aromatic nitrogens is 2. The van der Waals surface area contributed by atoms with Crippen LogP contribution in [0.2, 0.25) is 0 Å². The van der Waals surface area contributed by atoms with Crippen molar-refractivity contribution in [3.05, 3.63) is 53.0 Å². The van der Waals surface area contributed by atoms with Crippen molar-refractivity contribution in [2.24, 2.45) is 0 Å². The smallest absolute Gasteiger partial charge is 0.261 e. The molecule has 2 amide bonds. The zero-order chi connectivity index (χ0) is 20.8. The van der Waals surface area contributed by atoms with Gasteiger partial charge in [-0.3, -0.25) is 19.0 Å². The minimum absolute atomic E-state index is 0.222. The van der Waals surface area contributed by atoms with Crippen LogP contribution in [-0.2, 0) is 22.7 Å². The van der Waals surface area contributed by atoms with E-state index in [2.05, 4.69) is 15.6 Å². The van der Waals surface area contributed by atoms with Crippen LogP contribution < -0.4 is 25.7 Å². The molecule has 0 saturated carbocycles. The molecule has 0 spiro atoms. The first kappa shape index (κ1) is 19.9. The Kier molecular flexibility index (Phi) is 6.12. The quantitative estimate of drug-likeness (QED) is 0.562. The molecule has 10 nitrogen and oxygen atoms in total. The Morgan fingerprint density at radius 3 is 2.59 bits per heavy atom. The Labute approximate surface area is 165 Å². The number of nitrogens with one attached hydrogen (secondary N) is 2. The van der Waals surface area contributed by atoms with E-state index in [0.717, 1.165) is 4.57 Å². The van der Waals surface area contributed by atoms with Gasteiger partial charge in [-0.2, -0.15) is 0 Å². The van der Waals surface area contributed by atoms with Crippen molar-refractivity contribution in [3.8, 4) is 11.5 Å². The second-order valence-electron chi connectivity index (χ2n) is 6.03. The molecule has 2 heterocycles. The summed E-state index contributed by atoms with van der Waals surface area (Å²) in [5.74, 6) is 0.556. The number of hydrogen-bond acceptors (Lipinski definition) is 7. The number of amides is 2. The molecule has 0 aliphatic rings. The van der Waals surface area contributed by atoms with Crippen molar-refractivity contribution in [1.82, 2.24) is 20.2 Å². The first-order chi connectivity index (χ1) is 14.0. The molecule has 3 aromatic rings. The third-order valence-electron chi connectivity index (χ3n) is 4.13. The lowest BCUT2D eigenvalue weighted by atomic mass is 10.2. The summed E-state index contributed by atoms with van der Waals surface area (Å²) in [5, 5.41) is 5.36. The summed E-state index contributed by atoms with van der Waals surface area (Å²) in [7, 11) is 2.95. The van der Waals surface area contributed by atoms with E-state index in [1.807, 2.05) is 0 Å². The lowest BCUT2D eigenvalue weighted by molar-refractivity contribution is -0.126. The van der Waals surface area contributed by atoms with Gasteiger partial charge in [-0.25, -0.2) is 4.98 Å². The molecular weight excluding hydrogens is 380 g/mol. The maximum absolute atomic E-state index is 12.7. The van der Waals surface area contributed by atoms with Crippen molar-refractivity contribution < 1.29 is 23.5 Å². The van der Waals surface area contributed by atoms with Crippen molar-refractivity contribution in [2.45, 2.75) is 13.1 Å². The van der Waals surface area contributed by atoms with Crippen LogP contribution in [0.15, 0.2) is 46.1 Å². The fraction of sp³-hybridized carbons (Fsp3) is 0.263. The zero-order valence-electron chi connectivity index (χ0n) is 15.9. The summed E-state index contributed by atoms with van der Waals surface area (Å²) in [6, 6.07) is 6.54. The molecule has 0 aliphatic carbocycles. The topological polar surface area (TPSA) is 125 Å². The highest BCUT2D eigenvalue weighted by molar-refractivity contribution is 5.85. The summed E-state index contributed by atoms with van der Waals surface area (Å²) in [6.45, 7) is -0.275. The Bertz CT molecular complexity index is 1070. The minimum atomic E-state index is -0.498. The van der Waals surface area contributed by atoms with Crippen LogP contribution in [0.3, 0.4) is 0 Å². The molecule has 152 valence electrons. The summed E-state index contributed by atoms with van der Waals surface area (Å²) < 4.78 is 16.7. The molecule has 0 unspecified atom stereocenters. The van der Waals surface area contributed by atoms with E-state index in [0.29, 0.717) is 22.8 Å². The zero-order valence-corrected chi connectivity index (χ0v) is 15.9. The number of carbonyl (C=O) groups is 2. The van der Waals surface area contributed by atoms with Crippen LogP contribution in [0, 0.1) is 0 Å². The molecule has 3 rings (SSSR count). The number of benzene rings is 1. The second kappa shape index (κ2) is 8.91. The van der Waals surface area contributed by atoms with Crippen molar-refractivity contribution in [2.75, 3.05) is 20.8 Å². The van der Waals surface area contributed by atoms with Crippen LogP contribution in [-0.4, -0.2) is 42.1 Å². The van der Waals surface area contributed by atoms with Gasteiger partial charge < -0.3 is 24.5 Å². The largest absolute Gasteiger partial charge is 0.493 e. The predicted octanol–water partition coefficient (Wildman–Crippen LogP) is 0.439. The number of methoxy groups -OCH3 is 2. The van der Waals surface area contributed by atoms with E-state index in [9.17, 15) is 14.4 Å². The van der Waals surface area contributed by atoms with Crippen LogP contribution in [0.1, 0.15) is 5.76 Å². The monoisotopic (exact) mass is 400 g/mol. The molecule has 2 aromatic heterocycles. The third kappa shape index (κ3) is 4.72. The molecule has 0 atom stereocenters. The van der Waals surface area contributed by atoms with Gasteiger partial charge >= 0.3 is 0 Å². The van der Waals surface area contributed by atoms with Crippen LogP contribution >= 0.6 is 0 Å². The van der Waals surface area contributed by atoms with Gasteiger partial charge in [0.05, 0.1) is 50.8 Å². The lowest BCUT2D eigenvalue weighted by Gasteiger charge is -2.11. The SMILES string of the molecule is COc1cc2ncn(CC(=O)NCC(=O)NCc3ccco3)c(=O)c2cc1OC. The Hall–Kier alpha value is -3.82. The molecule has 0 aliphatic heterocycles. The fourth-order valence-corrected chi connectivity index (χ4v) is 2.65. The number of carbonyl (C=O) groups excluding carboxylic acids is 2. The van der Waals surface area contributed by atoms with Crippen molar-refractivity contribution in [1.29, 1.82) is 0 Å². The van der Waals surface area contributed by atoms with Crippen LogP contribution in [0.5, 0.6) is 11.5 Å². The van der Waals surface area contributed by atoms with E-state index in [1.54, 1.807) is 18.2 Å². The van der Waals surface area contributed by atoms with Crippen molar-refractivity contribution >= 4 is 22.7 Å². The maximum atomic E-state index is 12.7. The molecule has 0 saturated heterocycles. The second-order valence-corrected chi connectivity index (χ2v) is 6.03. The number of ether oxygens (including phenoxy) is 2. The number of rotatable bonds is 8. The van der Waals surface area contributed by atoms with E-state index >= 15 is 0 Å². The van der Waals surface area contributed by atoms with E-state index < -0.39 is 11.5 Å². The molecule has 29 heavy (non-hydrogen) atoms. The summed E-state index contributed by atoms with van der Waals surface area (Å²) >= 11 is 0. The predicted molar refractivity (Wildman–Crippen MR) is 103 cm³/mol. The fourth-order valence-electron chi connectivity index (χ4n) is 2.65. The molecular formula is C19H20N4O6. The van der Waals surface area contributed by atoms with Crippen molar-refractivity contribution in [3.63, 3.8) is 0 Å². The summed E-state index contributed by atoms with van der Waals surface area (Å²) in [5.41, 5.74) is 0.00925. The highest BCUT2D eigenvalue weighted by Crippen LogP contribution is 2.29. The highest BCUT2D eigenvalue weighted by Gasteiger charge is 2.13. The Balaban J connectivity index is 1.63. The molecule has 0 radical (unpaired) electrons. The first-order valence-electron chi connectivity index (χ1n) is 8.68. The maximum Gasteiger partial charge on any atom is 0.261 e. The number of hydrogen-bond donors (Lipinski definition) is 2.